The summed E-state index contributed by atoms with van der Waals surface area (Å²) in [6, 6.07) is 17.6. The maximum Gasteiger partial charge on any atom is 0.312 e. The predicted octanol–water partition coefficient (Wildman–Crippen LogP) is 4.06. The van der Waals surface area contributed by atoms with E-state index >= 15 is 0 Å². The number of nitrogens with zero attached hydrogens (tertiary/aromatic N) is 1. The van der Waals surface area contributed by atoms with Crippen LogP contribution in [0.1, 0.15) is 32.0 Å². The highest BCUT2D eigenvalue weighted by Crippen LogP contribution is 2.20. The number of carbonyl (C=O) groups excluding carboxylic acids is 3. The molecule has 0 atom stereocenters. The number of esters is 1. The number of anilines is 1. The standard InChI is InChI=1S/C23H22N2O4S/c1-16-5-7-17(8-6-16)23(28)25(2)18-9-11-19(12-10-18)29-21(26)13-14-24-22(27)20-4-3-15-30-20/h3-12,15H,13-14H2,1-2H3,(H,24,27). The summed E-state index contributed by atoms with van der Waals surface area (Å²) in [7, 11) is 1.69. The fraction of sp³-hybridized carbons (Fsp3) is 0.174. The Balaban J connectivity index is 1.49. The highest BCUT2D eigenvalue weighted by Gasteiger charge is 2.14. The Morgan fingerprint density at radius 1 is 1.00 bits per heavy atom. The normalized spacial score (nSPS) is 10.3. The van der Waals surface area contributed by atoms with Crippen molar-refractivity contribution in [2.75, 3.05) is 18.5 Å². The van der Waals surface area contributed by atoms with Gasteiger partial charge in [0.2, 0.25) is 0 Å². The van der Waals surface area contributed by atoms with E-state index in [1.165, 1.54) is 16.2 Å². The lowest BCUT2D eigenvalue weighted by molar-refractivity contribution is -0.134. The lowest BCUT2D eigenvalue weighted by Crippen LogP contribution is -2.26. The molecule has 7 heteroatoms. The number of hydrogen-bond acceptors (Lipinski definition) is 5. The van der Waals surface area contributed by atoms with Gasteiger partial charge in [0.1, 0.15) is 5.75 Å². The fourth-order valence-electron chi connectivity index (χ4n) is 2.70. The Labute approximate surface area is 179 Å². The summed E-state index contributed by atoms with van der Waals surface area (Å²) >= 11 is 1.34. The van der Waals surface area contributed by atoms with Crippen LogP contribution in [0.15, 0.2) is 66.0 Å². The molecule has 0 saturated carbocycles. The van der Waals surface area contributed by atoms with Crippen LogP contribution in [0.5, 0.6) is 5.75 Å². The molecule has 0 unspecified atom stereocenters. The third kappa shape index (κ3) is 5.55. The second-order valence-corrected chi connectivity index (χ2v) is 7.63. The first-order valence-electron chi connectivity index (χ1n) is 9.41. The van der Waals surface area contributed by atoms with Crippen LogP contribution < -0.4 is 15.0 Å². The molecule has 2 amide bonds. The minimum atomic E-state index is -0.446. The molecule has 154 valence electrons. The lowest BCUT2D eigenvalue weighted by Gasteiger charge is -2.18. The molecule has 0 bridgehead atoms. The molecule has 0 fully saturated rings. The molecular weight excluding hydrogens is 400 g/mol. The van der Waals surface area contributed by atoms with E-state index in [0.29, 0.717) is 21.9 Å². The van der Waals surface area contributed by atoms with E-state index in [9.17, 15) is 14.4 Å². The minimum absolute atomic E-state index is 0.0602. The average molecular weight is 423 g/mol. The number of rotatable bonds is 7. The first-order valence-corrected chi connectivity index (χ1v) is 10.3. The van der Waals surface area contributed by atoms with Gasteiger partial charge >= 0.3 is 5.97 Å². The summed E-state index contributed by atoms with van der Waals surface area (Å²) in [6.45, 7) is 2.16. The van der Waals surface area contributed by atoms with Crippen molar-refractivity contribution < 1.29 is 19.1 Å². The first kappa shape index (κ1) is 21.3. The number of carbonyl (C=O) groups is 3. The maximum atomic E-state index is 12.6. The first-order chi connectivity index (χ1) is 14.4. The SMILES string of the molecule is Cc1ccc(C(=O)N(C)c2ccc(OC(=O)CCNC(=O)c3cccs3)cc2)cc1. The highest BCUT2D eigenvalue weighted by atomic mass is 32.1. The molecule has 0 aliphatic heterocycles. The van der Waals surface area contributed by atoms with Crippen molar-refractivity contribution in [3.8, 4) is 5.75 Å². The average Bonchev–Trinajstić information content (AvgIpc) is 3.29. The van der Waals surface area contributed by atoms with Crippen molar-refractivity contribution in [2.45, 2.75) is 13.3 Å². The molecule has 3 aromatic rings. The Hall–Kier alpha value is -3.45. The van der Waals surface area contributed by atoms with Crippen molar-refractivity contribution in [1.82, 2.24) is 5.32 Å². The van der Waals surface area contributed by atoms with Crippen LogP contribution in [0.4, 0.5) is 5.69 Å². The zero-order valence-electron chi connectivity index (χ0n) is 16.8. The van der Waals surface area contributed by atoms with E-state index < -0.39 is 5.97 Å². The van der Waals surface area contributed by atoms with Crippen LogP contribution >= 0.6 is 11.3 Å². The summed E-state index contributed by atoms with van der Waals surface area (Å²) in [5.74, 6) is -0.396. The molecule has 3 rings (SSSR count). The Kier molecular flexibility index (Phi) is 6.98. The predicted molar refractivity (Wildman–Crippen MR) is 117 cm³/mol. The van der Waals surface area contributed by atoms with Crippen molar-refractivity contribution in [3.63, 3.8) is 0 Å². The number of ether oxygens (including phenoxy) is 1. The topological polar surface area (TPSA) is 75.7 Å². The summed E-state index contributed by atoms with van der Waals surface area (Å²) in [6.07, 6.45) is 0.0602. The van der Waals surface area contributed by atoms with Gasteiger partial charge in [-0.2, -0.15) is 0 Å². The van der Waals surface area contributed by atoms with Gasteiger partial charge < -0.3 is 15.0 Å². The molecule has 1 aromatic heterocycles. The second-order valence-electron chi connectivity index (χ2n) is 6.68. The molecule has 1 N–H and O–H groups in total. The fourth-order valence-corrected chi connectivity index (χ4v) is 3.34. The molecular formula is C23H22N2O4S. The van der Waals surface area contributed by atoms with Gasteiger partial charge in [-0.05, 0) is 54.8 Å². The van der Waals surface area contributed by atoms with E-state index in [-0.39, 0.29) is 24.8 Å². The van der Waals surface area contributed by atoms with Gasteiger partial charge in [0, 0.05) is 24.8 Å². The number of benzene rings is 2. The largest absolute Gasteiger partial charge is 0.426 e. The van der Waals surface area contributed by atoms with Crippen LogP contribution in [-0.2, 0) is 4.79 Å². The highest BCUT2D eigenvalue weighted by molar-refractivity contribution is 7.12. The molecule has 30 heavy (non-hydrogen) atoms. The third-order valence-corrected chi connectivity index (χ3v) is 5.29. The summed E-state index contributed by atoms with van der Waals surface area (Å²) in [5.41, 5.74) is 2.37. The molecule has 6 nitrogen and oxygen atoms in total. The smallest absolute Gasteiger partial charge is 0.312 e. The molecule has 0 radical (unpaired) electrons. The van der Waals surface area contributed by atoms with Gasteiger partial charge in [0.15, 0.2) is 0 Å². The van der Waals surface area contributed by atoms with Gasteiger partial charge in [-0.3, -0.25) is 14.4 Å². The number of hydrogen-bond donors (Lipinski definition) is 1. The van der Waals surface area contributed by atoms with E-state index in [1.807, 2.05) is 24.4 Å². The van der Waals surface area contributed by atoms with Crippen LogP contribution in [0, 0.1) is 6.92 Å². The number of amides is 2. The van der Waals surface area contributed by atoms with Crippen molar-refractivity contribution in [3.05, 3.63) is 82.0 Å². The summed E-state index contributed by atoms with van der Waals surface area (Å²) in [5, 5.41) is 4.50. The van der Waals surface area contributed by atoms with Gasteiger partial charge in [-0.15, -0.1) is 11.3 Å². The Morgan fingerprint density at radius 3 is 2.33 bits per heavy atom. The maximum absolute atomic E-state index is 12.6. The van der Waals surface area contributed by atoms with Crippen LogP contribution in [-0.4, -0.2) is 31.4 Å². The quantitative estimate of drug-likeness (QED) is 0.460. The number of thiophene rings is 1. The zero-order chi connectivity index (χ0) is 21.5. The van der Waals surface area contributed by atoms with Gasteiger partial charge in [0.05, 0.1) is 11.3 Å². The number of aryl methyl sites for hydroxylation is 1. The van der Waals surface area contributed by atoms with Gasteiger partial charge in [-0.1, -0.05) is 23.8 Å². The third-order valence-electron chi connectivity index (χ3n) is 4.42. The Morgan fingerprint density at radius 2 is 1.70 bits per heavy atom. The minimum Gasteiger partial charge on any atom is -0.426 e. The van der Waals surface area contributed by atoms with E-state index in [1.54, 1.807) is 55.6 Å². The number of nitrogens with one attached hydrogen (secondary N) is 1. The van der Waals surface area contributed by atoms with Gasteiger partial charge in [-0.25, -0.2) is 0 Å². The summed E-state index contributed by atoms with van der Waals surface area (Å²) in [4.78, 5) is 38.5. The molecule has 1 heterocycles. The molecule has 0 saturated heterocycles. The van der Waals surface area contributed by atoms with Crippen molar-refractivity contribution in [2.24, 2.45) is 0 Å². The molecule has 2 aromatic carbocycles. The Bertz CT molecular complexity index is 1010. The van der Waals surface area contributed by atoms with Crippen molar-refractivity contribution >= 4 is 34.8 Å². The molecule has 0 aliphatic rings. The lowest BCUT2D eigenvalue weighted by atomic mass is 10.1. The van der Waals surface area contributed by atoms with Crippen molar-refractivity contribution in [1.29, 1.82) is 0 Å². The van der Waals surface area contributed by atoms with E-state index in [0.717, 1.165) is 5.56 Å². The zero-order valence-corrected chi connectivity index (χ0v) is 17.6. The van der Waals surface area contributed by atoms with Gasteiger partial charge in [0.25, 0.3) is 11.8 Å². The van der Waals surface area contributed by atoms with E-state index in [4.69, 9.17) is 4.74 Å². The molecule has 0 spiro atoms. The summed E-state index contributed by atoms with van der Waals surface area (Å²) < 4.78 is 5.29. The van der Waals surface area contributed by atoms with E-state index in [2.05, 4.69) is 5.32 Å². The monoisotopic (exact) mass is 422 g/mol. The van der Waals surface area contributed by atoms with Crippen LogP contribution in [0.3, 0.4) is 0 Å². The van der Waals surface area contributed by atoms with Crippen LogP contribution in [0.25, 0.3) is 0 Å². The van der Waals surface area contributed by atoms with Crippen LogP contribution in [0.2, 0.25) is 0 Å². The second kappa shape index (κ2) is 9.84. The molecule has 0 aliphatic carbocycles.